The van der Waals surface area contributed by atoms with Gasteiger partial charge in [-0.2, -0.15) is 0 Å². The molecule has 2 rings (SSSR count). The number of halogens is 1. The van der Waals surface area contributed by atoms with Gasteiger partial charge >= 0.3 is 0 Å². The molecule has 0 radical (unpaired) electrons. The van der Waals surface area contributed by atoms with Crippen LogP contribution in [0.5, 0.6) is 0 Å². The second-order valence-electron chi connectivity index (χ2n) is 5.69. The van der Waals surface area contributed by atoms with E-state index in [2.05, 4.69) is 22.5 Å². The first-order valence-corrected chi connectivity index (χ1v) is 8.04. The number of hydrogen-bond donors (Lipinski definition) is 3. The van der Waals surface area contributed by atoms with Gasteiger partial charge in [0.1, 0.15) is 0 Å². The van der Waals surface area contributed by atoms with Crippen molar-refractivity contribution in [3.63, 3.8) is 0 Å². The molecule has 4 nitrogen and oxygen atoms in total. The van der Waals surface area contributed by atoms with E-state index in [0.29, 0.717) is 19.0 Å². The highest BCUT2D eigenvalue weighted by atomic mass is 127. The summed E-state index contributed by atoms with van der Waals surface area (Å²) >= 11 is 0. The van der Waals surface area contributed by atoms with E-state index in [-0.39, 0.29) is 24.0 Å². The lowest BCUT2D eigenvalue weighted by Crippen LogP contribution is -2.42. The number of benzene rings is 1. The smallest absolute Gasteiger partial charge is 0.191 e. The van der Waals surface area contributed by atoms with E-state index in [1.807, 2.05) is 30.3 Å². The molecule has 1 fully saturated rings. The van der Waals surface area contributed by atoms with Crippen LogP contribution >= 0.6 is 24.0 Å². The molecule has 5 heteroatoms. The monoisotopic (exact) mass is 417 g/mol. The Morgan fingerprint density at radius 1 is 1.27 bits per heavy atom. The van der Waals surface area contributed by atoms with Crippen molar-refractivity contribution in [1.82, 2.24) is 10.6 Å². The topological polar surface area (TPSA) is 56.7 Å². The first-order valence-electron chi connectivity index (χ1n) is 8.04. The third-order valence-electron chi connectivity index (χ3n) is 3.81. The third-order valence-corrected chi connectivity index (χ3v) is 3.81. The summed E-state index contributed by atoms with van der Waals surface area (Å²) in [7, 11) is 0. The molecule has 124 valence electrons. The second-order valence-corrected chi connectivity index (χ2v) is 5.69. The Balaban J connectivity index is 0.00000242. The molecule has 0 saturated heterocycles. The molecule has 0 spiro atoms. The molecule has 0 aliphatic heterocycles. The number of aliphatic imine (C=N–C) groups is 1. The number of guanidine groups is 1. The summed E-state index contributed by atoms with van der Waals surface area (Å²) in [6.07, 6.45) is 5.24. The lowest BCUT2D eigenvalue weighted by Gasteiger charge is -2.17. The molecule has 1 aliphatic rings. The zero-order valence-electron chi connectivity index (χ0n) is 13.3. The molecule has 3 N–H and O–H groups in total. The van der Waals surface area contributed by atoms with Gasteiger partial charge in [-0.15, -0.1) is 24.0 Å². The molecule has 0 bridgehead atoms. The van der Waals surface area contributed by atoms with Gasteiger partial charge in [0.15, 0.2) is 5.96 Å². The average Bonchev–Trinajstić information content (AvgIpc) is 2.99. The van der Waals surface area contributed by atoms with Gasteiger partial charge in [-0.25, -0.2) is 0 Å². The summed E-state index contributed by atoms with van der Waals surface area (Å²) in [4.78, 5) is 4.52. The van der Waals surface area contributed by atoms with Crippen molar-refractivity contribution < 1.29 is 5.11 Å². The van der Waals surface area contributed by atoms with Crippen molar-refractivity contribution in [2.24, 2.45) is 4.99 Å². The van der Waals surface area contributed by atoms with E-state index in [9.17, 15) is 5.11 Å². The van der Waals surface area contributed by atoms with Gasteiger partial charge in [-0.05, 0) is 25.3 Å². The molecule has 1 saturated carbocycles. The van der Waals surface area contributed by atoms with Crippen molar-refractivity contribution >= 4 is 29.9 Å². The minimum Gasteiger partial charge on any atom is -0.391 e. The van der Waals surface area contributed by atoms with Crippen molar-refractivity contribution in [2.45, 2.75) is 51.2 Å². The highest BCUT2D eigenvalue weighted by Crippen LogP contribution is 2.17. The number of aliphatic hydroxyl groups is 1. The molecule has 1 aromatic carbocycles. The minimum atomic E-state index is -0.438. The van der Waals surface area contributed by atoms with E-state index in [1.165, 1.54) is 25.7 Å². The van der Waals surface area contributed by atoms with Crippen LogP contribution in [0.4, 0.5) is 0 Å². The maximum absolute atomic E-state index is 10.1. The number of hydrogen-bond acceptors (Lipinski definition) is 2. The summed E-state index contributed by atoms with van der Waals surface area (Å²) in [6, 6.07) is 10.6. The van der Waals surface area contributed by atoms with Crippen LogP contribution in [0.3, 0.4) is 0 Å². The van der Waals surface area contributed by atoms with Crippen LogP contribution in [0, 0.1) is 0 Å². The van der Waals surface area contributed by atoms with E-state index in [0.717, 1.165) is 18.1 Å². The first kappa shape index (κ1) is 19.2. The van der Waals surface area contributed by atoms with Crippen molar-refractivity contribution in [3.05, 3.63) is 35.9 Å². The van der Waals surface area contributed by atoms with Gasteiger partial charge in [-0.1, -0.05) is 43.2 Å². The molecular weight excluding hydrogens is 389 g/mol. The number of aliphatic hydroxyl groups excluding tert-OH is 1. The Bertz CT molecular complexity index is 433. The Morgan fingerprint density at radius 2 is 1.95 bits per heavy atom. The quantitative estimate of drug-likeness (QED) is 0.379. The summed E-state index contributed by atoms with van der Waals surface area (Å²) in [6.45, 7) is 3.33. The normalized spacial score (nSPS) is 16.9. The molecule has 22 heavy (non-hydrogen) atoms. The molecule has 1 aromatic rings. The van der Waals surface area contributed by atoms with Crippen molar-refractivity contribution in [2.75, 3.05) is 13.1 Å². The summed E-state index contributed by atoms with van der Waals surface area (Å²) < 4.78 is 0. The van der Waals surface area contributed by atoms with Crippen LogP contribution in [-0.2, 0) is 6.42 Å². The highest BCUT2D eigenvalue weighted by Gasteiger charge is 2.16. The molecule has 1 atom stereocenters. The van der Waals surface area contributed by atoms with Gasteiger partial charge in [-0.3, -0.25) is 4.99 Å². The second kappa shape index (κ2) is 10.8. The van der Waals surface area contributed by atoms with Crippen LogP contribution in [0.25, 0.3) is 0 Å². The third kappa shape index (κ3) is 6.96. The number of nitrogens with zero attached hydrogens (tertiary/aromatic N) is 1. The standard InChI is InChI=1S/C17H27N3O.HI/c1-2-18-17(20-15-10-6-7-11-15)19-13-16(21)12-14-8-4-3-5-9-14;/h3-5,8-9,15-16,21H,2,6-7,10-13H2,1H3,(H2,18,19,20);1H. The fraction of sp³-hybridized carbons (Fsp3) is 0.588. The maximum Gasteiger partial charge on any atom is 0.191 e. The van der Waals surface area contributed by atoms with Crippen LogP contribution in [-0.4, -0.2) is 36.3 Å². The van der Waals surface area contributed by atoms with Crippen molar-refractivity contribution in [1.29, 1.82) is 0 Å². The summed E-state index contributed by atoms with van der Waals surface area (Å²) in [5.74, 6) is 0.830. The van der Waals surface area contributed by atoms with Crippen LogP contribution in [0.2, 0.25) is 0 Å². The van der Waals surface area contributed by atoms with Gasteiger partial charge < -0.3 is 15.7 Å². The first-order chi connectivity index (χ1) is 10.3. The van der Waals surface area contributed by atoms with Crippen LogP contribution in [0.1, 0.15) is 38.2 Å². The molecule has 0 heterocycles. The van der Waals surface area contributed by atoms with E-state index in [1.54, 1.807) is 0 Å². The Kier molecular flexibility index (Phi) is 9.47. The zero-order valence-corrected chi connectivity index (χ0v) is 15.6. The largest absolute Gasteiger partial charge is 0.391 e. The number of rotatable bonds is 6. The van der Waals surface area contributed by atoms with Gasteiger partial charge in [0.05, 0.1) is 12.6 Å². The summed E-state index contributed by atoms with van der Waals surface area (Å²) in [5.41, 5.74) is 1.15. The van der Waals surface area contributed by atoms with Gasteiger partial charge in [0.25, 0.3) is 0 Å². The van der Waals surface area contributed by atoms with Crippen molar-refractivity contribution in [3.8, 4) is 0 Å². The SMILES string of the molecule is CCNC(=NCC(O)Cc1ccccc1)NC1CCCC1.I. The fourth-order valence-corrected chi connectivity index (χ4v) is 2.73. The van der Waals surface area contributed by atoms with Crippen LogP contribution < -0.4 is 10.6 Å². The lowest BCUT2D eigenvalue weighted by molar-refractivity contribution is 0.183. The van der Waals surface area contributed by atoms with Crippen LogP contribution in [0.15, 0.2) is 35.3 Å². The zero-order chi connectivity index (χ0) is 14.9. The maximum atomic E-state index is 10.1. The van der Waals surface area contributed by atoms with E-state index >= 15 is 0 Å². The fourth-order valence-electron chi connectivity index (χ4n) is 2.73. The molecule has 1 aliphatic carbocycles. The molecule has 0 amide bonds. The Labute approximate surface area is 150 Å². The van der Waals surface area contributed by atoms with Gasteiger partial charge in [0, 0.05) is 19.0 Å². The van der Waals surface area contributed by atoms with Gasteiger partial charge in [0.2, 0.25) is 0 Å². The van der Waals surface area contributed by atoms with E-state index < -0.39 is 6.10 Å². The predicted octanol–water partition coefficient (Wildman–Crippen LogP) is 2.71. The van der Waals surface area contributed by atoms with E-state index in [4.69, 9.17) is 0 Å². The molecular formula is C17H28IN3O. The minimum absolute atomic E-state index is 0. The molecule has 0 aromatic heterocycles. The predicted molar refractivity (Wildman–Crippen MR) is 103 cm³/mol. The Hall–Kier alpha value is -0.820. The Morgan fingerprint density at radius 3 is 2.59 bits per heavy atom. The number of nitrogens with one attached hydrogen (secondary N) is 2. The lowest BCUT2D eigenvalue weighted by atomic mass is 10.1. The molecule has 1 unspecified atom stereocenters. The summed E-state index contributed by atoms with van der Waals surface area (Å²) in [5, 5.41) is 16.8. The highest BCUT2D eigenvalue weighted by molar-refractivity contribution is 14.0. The average molecular weight is 417 g/mol.